The van der Waals surface area contributed by atoms with Crippen molar-refractivity contribution in [3.05, 3.63) is 60.0 Å². The predicted molar refractivity (Wildman–Crippen MR) is 59.8 cm³/mol. The Morgan fingerprint density at radius 2 is 1.88 bits per heavy atom. The number of benzene rings is 1. The van der Waals surface area contributed by atoms with Crippen LogP contribution in [0.5, 0.6) is 0 Å². The molecular formula is C13H12F3. The summed E-state index contributed by atoms with van der Waals surface area (Å²) in [6.07, 6.45) is -1.76. The van der Waals surface area contributed by atoms with Gasteiger partial charge in [0.15, 0.2) is 0 Å². The Morgan fingerprint density at radius 1 is 1.25 bits per heavy atom. The molecule has 0 nitrogen and oxygen atoms in total. The van der Waals surface area contributed by atoms with Crippen molar-refractivity contribution in [3.8, 4) is 0 Å². The maximum absolute atomic E-state index is 12.9. The van der Waals surface area contributed by atoms with Crippen LogP contribution in [0.2, 0.25) is 0 Å². The third-order valence-electron chi connectivity index (χ3n) is 2.33. The Kier molecular flexibility index (Phi) is 3.58. The van der Waals surface area contributed by atoms with Gasteiger partial charge in [0.05, 0.1) is 5.56 Å². The van der Waals surface area contributed by atoms with Crippen LogP contribution >= 0.6 is 0 Å². The summed E-state index contributed by atoms with van der Waals surface area (Å²) in [5.74, 6) is 0.496. The van der Waals surface area contributed by atoms with E-state index in [1.807, 2.05) is 0 Å². The Morgan fingerprint density at radius 3 is 2.31 bits per heavy atom. The topological polar surface area (TPSA) is 0 Å². The predicted octanol–water partition coefficient (Wildman–Crippen LogP) is 4.48. The van der Waals surface area contributed by atoms with Gasteiger partial charge in [-0.05, 0) is 11.1 Å². The molecule has 0 saturated carbocycles. The standard InChI is InChI=1S/C13H12F3/c1-4-9(3)11-8-6-7-10(5-2)12(11)13(14,15)16/h4-8H,1-2H2,3H3. The van der Waals surface area contributed by atoms with Crippen LogP contribution in [0.4, 0.5) is 13.2 Å². The molecule has 0 aliphatic carbocycles. The van der Waals surface area contributed by atoms with Gasteiger partial charge in [0, 0.05) is 5.92 Å². The highest BCUT2D eigenvalue weighted by atomic mass is 19.4. The molecule has 0 amide bonds. The van der Waals surface area contributed by atoms with E-state index in [1.54, 1.807) is 13.0 Å². The molecule has 0 aromatic heterocycles. The summed E-state index contributed by atoms with van der Waals surface area (Å²) < 4.78 is 38.7. The Balaban J connectivity index is 3.49. The number of rotatable bonds is 3. The fourth-order valence-corrected chi connectivity index (χ4v) is 1.50. The Hall–Kier alpha value is -1.51. The van der Waals surface area contributed by atoms with Crippen LogP contribution in [0.1, 0.15) is 23.6 Å². The summed E-state index contributed by atoms with van der Waals surface area (Å²) in [5.41, 5.74) is -0.409. The zero-order valence-electron chi connectivity index (χ0n) is 8.93. The molecule has 0 bridgehead atoms. The van der Waals surface area contributed by atoms with Gasteiger partial charge < -0.3 is 0 Å². The molecule has 0 fully saturated rings. The van der Waals surface area contributed by atoms with Crippen LogP contribution in [0.25, 0.3) is 6.08 Å². The van der Waals surface area contributed by atoms with E-state index in [0.717, 1.165) is 0 Å². The summed E-state index contributed by atoms with van der Waals surface area (Å²) in [6, 6.07) is 4.41. The molecule has 16 heavy (non-hydrogen) atoms. The van der Waals surface area contributed by atoms with E-state index in [2.05, 4.69) is 13.2 Å². The van der Waals surface area contributed by atoms with E-state index in [-0.39, 0.29) is 11.1 Å². The van der Waals surface area contributed by atoms with Crippen LogP contribution in [0.3, 0.4) is 0 Å². The minimum Gasteiger partial charge on any atom is -0.166 e. The molecule has 0 heterocycles. The van der Waals surface area contributed by atoms with Gasteiger partial charge in [-0.3, -0.25) is 0 Å². The number of halogens is 3. The van der Waals surface area contributed by atoms with Gasteiger partial charge >= 0.3 is 6.18 Å². The lowest BCUT2D eigenvalue weighted by Gasteiger charge is -2.17. The van der Waals surface area contributed by atoms with E-state index < -0.39 is 11.7 Å². The van der Waals surface area contributed by atoms with Crippen molar-refractivity contribution in [2.24, 2.45) is 0 Å². The second kappa shape index (κ2) is 4.56. The van der Waals surface area contributed by atoms with E-state index >= 15 is 0 Å². The van der Waals surface area contributed by atoms with Crippen LogP contribution in [-0.4, -0.2) is 0 Å². The first-order valence-electron chi connectivity index (χ1n) is 4.70. The van der Waals surface area contributed by atoms with Gasteiger partial charge in [0.1, 0.15) is 0 Å². The van der Waals surface area contributed by atoms with Crippen LogP contribution < -0.4 is 0 Å². The highest BCUT2D eigenvalue weighted by Gasteiger charge is 2.36. The minimum atomic E-state index is -4.38. The molecule has 1 aromatic carbocycles. The van der Waals surface area contributed by atoms with E-state index in [9.17, 15) is 13.2 Å². The molecule has 0 spiro atoms. The summed E-state index contributed by atoms with van der Waals surface area (Å²) in [4.78, 5) is 0. The molecule has 3 heteroatoms. The van der Waals surface area contributed by atoms with Crippen molar-refractivity contribution in [1.82, 2.24) is 0 Å². The van der Waals surface area contributed by atoms with Crippen molar-refractivity contribution in [2.45, 2.75) is 13.1 Å². The fourth-order valence-electron chi connectivity index (χ4n) is 1.50. The number of alkyl halides is 3. The average molecular weight is 225 g/mol. The van der Waals surface area contributed by atoms with E-state index in [4.69, 9.17) is 0 Å². The largest absolute Gasteiger partial charge is 0.417 e. The molecule has 1 radical (unpaired) electrons. The van der Waals surface area contributed by atoms with Gasteiger partial charge in [-0.1, -0.05) is 43.9 Å². The first-order chi connectivity index (χ1) is 7.41. The molecule has 0 aliphatic heterocycles. The quantitative estimate of drug-likeness (QED) is 0.711. The summed E-state index contributed by atoms with van der Waals surface area (Å²) in [5, 5.41) is 0. The lowest BCUT2D eigenvalue weighted by atomic mass is 9.92. The van der Waals surface area contributed by atoms with Crippen LogP contribution in [-0.2, 0) is 6.18 Å². The third-order valence-corrected chi connectivity index (χ3v) is 2.33. The zero-order valence-corrected chi connectivity index (χ0v) is 8.93. The van der Waals surface area contributed by atoms with Gasteiger partial charge in [-0.15, -0.1) is 6.58 Å². The van der Waals surface area contributed by atoms with E-state index in [0.29, 0.717) is 5.92 Å². The second-order valence-corrected chi connectivity index (χ2v) is 3.36. The number of hydrogen-bond donors (Lipinski definition) is 0. The second-order valence-electron chi connectivity index (χ2n) is 3.36. The Labute approximate surface area is 93.1 Å². The molecule has 0 atom stereocenters. The molecule has 85 valence electrons. The maximum atomic E-state index is 12.9. The first-order valence-corrected chi connectivity index (χ1v) is 4.70. The van der Waals surface area contributed by atoms with Crippen LogP contribution in [0.15, 0.2) is 37.4 Å². The van der Waals surface area contributed by atoms with Crippen molar-refractivity contribution < 1.29 is 13.2 Å². The van der Waals surface area contributed by atoms with Crippen LogP contribution in [0, 0.1) is 5.92 Å². The van der Waals surface area contributed by atoms with Crippen molar-refractivity contribution in [3.63, 3.8) is 0 Å². The third kappa shape index (κ3) is 2.35. The van der Waals surface area contributed by atoms with Gasteiger partial charge in [-0.25, -0.2) is 0 Å². The lowest BCUT2D eigenvalue weighted by molar-refractivity contribution is -0.138. The first kappa shape index (κ1) is 12.6. The van der Waals surface area contributed by atoms with Crippen molar-refractivity contribution in [2.75, 3.05) is 0 Å². The van der Waals surface area contributed by atoms with E-state index in [1.165, 1.54) is 24.3 Å². The smallest absolute Gasteiger partial charge is 0.166 e. The molecule has 0 N–H and O–H groups in total. The van der Waals surface area contributed by atoms with Gasteiger partial charge in [0.2, 0.25) is 0 Å². The molecule has 0 aliphatic rings. The Bertz CT molecular complexity index is 402. The van der Waals surface area contributed by atoms with Gasteiger partial charge in [0.25, 0.3) is 0 Å². The average Bonchev–Trinajstić information content (AvgIpc) is 2.25. The SMILES string of the molecule is C=C[C](C)c1cccc(C=C)c1C(F)(F)F. The summed E-state index contributed by atoms with van der Waals surface area (Å²) in [6.45, 7) is 8.48. The van der Waals surface area contributed by atoms with Crippen molar-refractivity contribution in [1.29, 1.82) is 0 Å². The fraction of sp³-hybridized carbons (Fsp3) is 0.154. The monoisotopic (exact) mass is 225 g/mol. The maximum Gasteiger partial charge on any atom is 0.417 e. The normalized spacial score (nSPS) is 11.6. The number of hydrogen-bond acceptors (Lipinski definition) is 0. The highest BCUT2D eigenvalue weighted by Crippen LogP contribution is 2.38. The van der Waals surface area contributed by atoms with Gasteiger partial charge in [-0.2, -0.15) is 13.2 Å². The molecule has 1 aromatic rings. The zero-order chi connectivity index (χ0) is 12.3. The number of allylic oxidation sites excluding steroid dienone is 1. The molecule has 0 unspecified atom stereocenters. The lowest BCUT2D eigenvalue weighted by Crippen LogP contribution is -2.12. The molecule has 0 saturated heterocycles. The van der Waals surface area contributed by atoms with Crippen molar-refractivity contribution >= 4 is 6.08 Å². The summed E-state index contributed by atoms with van der Waals surface area (Å²) >= 11 is 0. The molecular weight excluding hydrogens is 213 g/mol. The minimum absolute atomic E-state index is 0.0891. The highest BCUT2D eigenvalue weighted by molar-refractivity contribution is 5.59. The summed E-state index contributed by atoms with van der Waals surface area (Å²) in [7, 11) is 0. The molecule has 1 rings (SSSR count).